The van der Waals surface area contributed by atoms with E-state index in [4.69, 9.17) is 0 Å². The van der Waals surface area contributed by atoms with Gasteiger partial charge >= 0.3 is 0 Å². The molecule has 0 atom stereocenters. The minimum absolute atomic E-state index is 0.0564. The van der Waals surface area contributed by atoms with Gasteiger partial charge in [0, 0.05) is 24.4 Å². The lowest BCUT2D eigenvalue weighted by Crippen LogP contribution is -2.58. The summed E-state index contributed by atoms with van der Waals surface area (Å²) in [5.41, 5.74) is -0.128. The van der Waals surface area contributed by atoms with Gasteiger partial charge in [0.15, 0.2) is 0 Å². The van der Waals surface area contributed by atoms with Crippen LogP contribution in [0.5, 0.6) is 0 Å². The van der Waals surface area contributed by atoms with Gasteiger partial charge < -0.3 is 4.90 Å². The van der Waals surface area contributed by atoms with Gasteiger partial charge in [-0.25, -0.2) is 0 Å². The Labute approximate surface area is 107 Å². The third-order valence-electron chi connectivity index (χ3n) is 3.92. The molecule has 0 radical (unpaired) electrons. The van der Waals surface area contributed by atoms with E-state index in [0.717, 1.165) is 13.1 Å². The first-order valence-corrected chi connectivity index (χ1v) is 6.61. The van der Waals surface area contributed by atoms with Gasteiger partial charge in [-0.1, -0.05) is 48.5 Å². The van der Waals surface area contributed by atoms with Crippen molar-refractivity contribution in [3.8, 4) is 0 Å². The van der Waals surface area contributed by atoms with Gasteiger partial charge in [-0.05, 0) is 17.9 Å². The van der Waals surface area contributed by atoms with Crippen LogP contribution in [-0.4, -0.2) is 30.8 Å². The number of nitrogens with zero attached hydrogens (tertiary/aromatic N) is 1. The van der Waals surface area contributed by atoms with Crippen LogP contribution in [0.2, 0.25) is 0 Å². The topological polar surface area (TPSA) is 20.3 Å². The van der Waals surface area contributed by atoms with Crippen molar-refractivity contribution < 1.29 is 4.79 Å². The molecule has 1 aliphatic heterocycles. The number of rotatable bonds is 1. The lowest BCUT2D eigenvalue weighted by Gasteiger charge is -2.53. The van der Waals surface area contributed by atoms with Crippen LogP contribution >= 0.6 is 0 Å². The molecule has 0 spiro atoms. The van der Waals surface area contributed by atoms with Crippen molar-refractivity contribution in [3.63, 3.8) is 0 Å². The average molecular weight is 239 g/mol. The zero-order valence-electron chi connectivity index (χ0n) is 12.8. The second-order valence-electron chi connectivity index (χ2n) is 8.20. The molecule has 1 rings (SSSR count). The number of piperidine rings is 1. The Hall–Kier alpha value is -0.370. The molecule has 100 valence electrons. The van der Waals surface area contributed by atoms with E-state index in [0.29, 0.717) is 5.78 Å². The maximum Gasteiger partial charge on any atom is 0.142 e. The summed E-state index contributed by atoms with van der Waals surface area (Å²) in [6, 6.07) is 0. The molecule has 0 aromatic rings. The first-order chi connectivity index (χ1) is 7.38. The van der Waals surface area contributed by atoms with E-state index in [1.807, 2.05) is 20.8 Å². The zero-order valence-corrected chi connectivity index (χ0v) is 12.8. The largest absolute Gasteiger partial charge is 0.305 e. The molecule has 1 aliphatic rings. The van der Waals surface area contributed by atoms with E-state index in [2.05, 4.69) is 39.6 Å². The third kappa shape index (κ3) is 2.90. The molecule has 0 saturated carbocycles. The lowest BCUT2D eigenvalue weighted by molar-refractivity contribution is -0.146. The molecule has 0 N–H and O–H groups in total. The quantitative estimate of drug-likeness (QED) is 0.700. The van der Waals surface area contributed by atoms with Crippen LogP contribution < -0.4 is 0 Å². The molecule has 1 heterocycles. The van der Waals surface area contributed by atoms with Crippen LogP contribution in [0.25, 0.3) is 0 Å². The molecule has 0 bridgehead atoms. The standard InChI is InChI=1S/C15H29NO/c1-13(2,3)12(17)11-14(4,5)9-16(8)10-15(11,6)7/h11H,9-10H2,1-8H3. The van der Waals surface area contributed by atoms with Gasteiger partial charge in [0.25, 0.3) is 0 Å². The Balaban J connectivity index is 3.14. The predicted molar refractivity (Wildman–Crippen MR) is 73.0 cm³/mol. The second kappa shape index (κ2) is 4.08. The molecule has 0 aliphatic carbocycles. The summed E-state index contributed by atoms with van der Waals surface area (Å²) >= 11 is 0. The molecule has 1 saturated heterocycles. The Morgan fingerprint density at radius 1 is 1.06 bits per heavy atom. The summed E-state index contributed by atoms with van der Waals surface area (Å²) in [5, 5.41) is 0. The smallest absolute Gasteiger partial charge is 0.142 e. The summed E-state index contributed by atoms with van der Waals surface area (Å²) in [4.78, 5) is 15.1. The van der Waals surface area contributed by atoms with E-state index >= 15 is 0 Å². The predicted octanol–water partition coefficient (Wildman–Crippen LogP) is 3.22. The third-order valence-corrected chi connectivity index (χ3v) is 3.92. The van der Waals surface area contributed by atoms with Crippen LogP contribution in [0.15, 0.2) is 0 Å². The van der Waals surface area contributed by atoms with Crippen molar-refractivity contribution >= 4 is 5.78 Å². The highest BCUT2D eigenvalue weighted by atomic mass is 16.1. The molecule has 0 amide bonds. The lowest BCUT2D eigenvalue weighted by atomic mass is 9.57. The van der Waals surface area contributed by atoms with E-state index in [1.165, 1.54) is 0 Å². The van der Waals surface area contributed by atoms with Crippen LogP contribution in [0.4, 0.5) is 0 Å². The first kappa shape index (κ1) is 14.7. The van der Waals surface area contributed by atoms with E-state index in [9.17, 15) is 4.79 Å². The monoisotopic (exact) mass is 239 g/mol. The molecular weight excluding hydrogens is 210 g/mol. The first-order valence-electron chi connectivity index (χ1n) is 6.61. The number of carbonyl (C=O) groups is 1. The highest BCUT2D eigenvalue weighted by molar-refractivity contribution is 5.87. The van der Waals surface area contributed by atoms with Crippen molar-refractivity contribution in [2.75, 3.05) is 20.1 Å². The molecular formula is C15H29NO. The number of hydrogen-bond donors (Lipinski definition) is 0. The van der Waals surface area contributed by atoms with Crippen molar-refractivity contribution in [2.24, 2.45) is 22.2 Å². The fourth-order valence-electron chi connectivity index (χ4n) is 3.83. The van der Waals surface area contributed by atoms with E-state index in [-0.39, 0.29) is 22.2 Å². The van der Waals surface area contributed by atoms with Crippen molar-refractivity contribution in [3.05, 3.63) is 0 Å². The molecule has 0 aromatic carbocycles. The minimum atomic E-state index is -0.241. The minimum Gasteiger partial charge on any atom is -0.305 e. The van der Waals surface area contributed by atoms with Gasteiger partial charge in [0.1, 0.15) is 5.78 Å². The number of Topliss-reactive ketones (excluding diaryl/α,β-unsaturated/α-hetero) is 1. The van der Waals surface area contributed by atoms with Crippen LogP contribution in [-0.2, 0) is 4.79 Å². The van der Waals surface area contributed by atoms with Gasteiger partial charge in [0.05, 0.1) is 0 Å². The summed E-state index contributed by atoms with van der Waals surface area (Å²) in [6.07, 6.45) is 0. The SMILES string of the molecule is CN1CC(C)(C)C(C(=O)C(C)(C)C)C(C)(C)C1. The highest BCUT2D eigenvalue weighted by Crippen LogP contribution is 2.48. The molecule has 0 aromatic heterocycles. The molecule has 2 nitrogen and oxygen atoms in total. The number of carbonyl (C=O) groups excluding carboxylic acids is 1. The van der Waals surface area contributed by atoms with Crippen molar-refractivity contribution in [1.29, 1.82) is 0 Å². The summed E-state index contributed by atoms with van der Waals surface area (Å²) in [5.74, 6) is 0.562. The van der Waals surface area contributed by atoms with Crippen LogP contribution in [0, 0.1) is 22.2 Å². The molecule has 1 fully saturated rings. The van der Waals surface area contributed by atoms with Gasteiger partial charge in [-0.3, -0.25) is 4.79 Å². The van der Waals surface area contributed by atoms with Crippen molar-refractivity contribution in [2.45, 2.75) is 48.5 Å². The Kier molecular flexibility index (Phi) is 3.53. The Morgan fingerprint density at radius 3 is 1.71 bits per heavy atom. The van der Waals surface area contributed by atoms with Gasteiger partial charge in [-0.15, -0.1) is 0 Å². The fourth-order valence-corrected chi connectivity index (χ4v) is 3.83. The summed E-state index contributed by atoms with van der Waals surface area (Å²) in [6.45, 7) is 17.1. The van der Waals surface area contributed by atoms with Gasteiger partial charge in [0.2, 0.25) is 0 Å². The maximum absolute atomic E-state index is 12.7. The van der Waals surface area contributed by atoms with E-state index < -0.39 is 0 Å². The van der Waals surface area contributed by atoms with Crippen molar-refractivity contribution in [1.82, 2.24) is 4.90 Å². The number of likely N-dealkylation sites (tertiary alicyclic amines) is 1. The Morgan fingerprint density at radius 2 is 1.41 bits per heavy atom. The number of hydrogen-bond acceptors (Lipinski definition) is 2. The normalized spacial score (nSPS) is 25.9. The maximum atomic E-state index is 12.7. The van der Waals surface area contributed by atoms with E-state index in [1.54, 1.807) is 0 Å². The molecule has 17 heavy (non-hydrogen) atoms. The summed E-state index contributed by atoms with van der Waals surface area (Å²) < 4.78 is 0. The van der Waals surface area contributed by atoms with Crippen LogP contribution in [0.3, 0.4) is 0 Å². The van der Waals surface area contributed by atoms with Crippen LogP contribution in [0.1, 0.15) is 48.5 Å². The average Bonchev–Trinajstić information content (AvgIpc) is 1.94. The molecule has 0 unspecified atom stereocenters. The Bertz CT molecular complexity index is 291. The summed E-state index contributed by atoms with van der Waals surface area (Å²) in [7, 11) is 2.15. The van der Waals surface area contributed by atoms with Gasteiger partial charge in [-0.2, -0.15) is 0 Å². The highest BCUT2D eigenvalue weighted by Gasteiger charge is 2.51. The second-order valence-corrected chi connectivity index (χ2v) is 8.20. The fraction of sp³-hybridized carbons (Fsp3) is 0.933. The molecule has 2 heteroatoms. The number of ketones is 1. The zero-order chi connectivity index (χ0) is 13.6.